The Kier molecular flexibility index (Phi) is 29.5. The average molecular weight is 1120 g/mol. The molecule has 0 saturated heterocycles. The number of aromatic hydroxyl groups is 1. The Morgan fingerprint density at radius 1 is 0.452 bits per heavy atom. The van der Waals surface area contributed by atoms with Gasteiger partial charge < -0.3 is 40.1 Å². The summed E-state index contributed by atoms with van der Waals surface area (Å²) >= 11 is 2.06. The number of anilines is 5. The van der Waals surface area contributed by atoms with Crippen molar-refractivity contribution < 1.29 is 64.1 Å². The first-order valence-corrected chi connectivity index (χ1v) is 22.1. The number of rotatable bonds is 18. The van der Waals surface area contributed by atoms with Crippen LogP contribution in [-0.2, 0) is 0 Å². The number of hydrazone groups is 5. The van der Waals surface area contributed by atoms with Crippen LogP contribution in [0.2, 0.25) is 0 Å². The van der Waals surface area contributed by atoms with Gasteiger partial charge >= 0.3 is 29.8 Å². The number of nitrogens with zero attached hydrogens (tertiary/aromatic N) is 5. The number of phenolic OH excluding ortho intramolecular Hbond substituents is 1. The lowest BCUT2D eigenvalue weighted by Crippen LogP contribution is -2.02. The molecule has 0 saturated carbocycles. The fraction of sp³-hybridized carbons (Fsp3) is 0.143. The van der Waals surface area contributed by atoms with Crippen molar-refractivity contribution in [1.82, 2.24) is 0 Å². The zero-order chi connectivity index (χ0) is 54.7. The molecule has 0 spiro atoms. The Labute approximate surface area is 433 Å². The maximum Gasteiger partial charge on any atom is 0.338 e. The molecule has 23 nitrogen and oxygen atoms in total. The first kappa shape index (κ1) is 61.7. The highest BCUT2D eigenvalue weighted by molar-refractivity contribution is 14.1. The lowest BCUT2D eigenvalue weighted by Gasteiger charge is -2.07. The Morgan fingerprint density at radius 3 is 1.18 bits per heavy atom. The number of allylic oxidation sites excluding steroid dienone is 2. The number of nitrogens with one attached hydrogen (secondary N) is 5. The Morgan fingerprint density at radius 2 is 0.795 bits per heavy atom. The van der Waals surface area contributed by atoms with Crippen LogP contribution >= 0.6 is 22.6 Å². The summed E-state index contributed by atoms with van der Waals surface area (Å²) in [5.74, 6) is -4.20. The molecule has 73 heavy (non-hydrogen) atoms. The smallest absolute Gasteiger partial charge is 0.338 e. The monoisotopic (exact) mass is 1120 g/mol. The van der Waals surface area contributed by atoms with Crippen molar-refractivity contribution >= 4 is 112 Å². The number of ether oxygens (including phenoxy) is 2. The van der Waals surface area contributed by atoms with Crippen LogP contribution in [-0.4, -0.2) is 106 Å². The van der Waals surface area contributed by atoms with E-state index >= 15 is 0 Å². The number of benzene rings is 5. The molecule has 0 atom stereocenters. The van der Waals surface area contributed by atoms with Crippen LogP contribution in [0.3, 0.4) is 0 Å². The summed E-state index contributed by atoms with van der Waals surface area (Å²) in [6.45, 7) is 8.80. The van der Waals surface area contributed by atoms with Crippen molar-refractivity contribution in [2.75, 3.05) is 41.3 Å². The van der Waals surface area contributed by atoms with Crippen LogP contribution in [0, 0.1) is 3.57 Å². The summed E-state index contributed by atoms with van der Waals surface area (Å²) in [4.78, 5) is 54.2. The lowest BCUT2D eigenvalue weighted by molar-refractivity contribution is 0.0686. The molecule has 24 heteroatoms. The number of methoxy groups -OCH3 is 2. The molecule has 5 aromatic rings. The van der Waals surface area contributed by atoms with Gasteiger partial charge in [-0.05, 0) is 148 Å². The number of phenols is 1. The lowest BCUT2D eigenvalue weighted by atomic mass is 10.2. The van der Waals surface area contributed by atoms with Gasteiger partial charge in [0.2, 0.25) is 0 Å². The minimum Gasteiger partial charge on any atom is -0.508 e. The summed E-state index contributed by atoms with van der Waals surface area (Å²) in [7, 11) is 2.97. The second-order valence-corrected chi connectivity index (χ2v) is 14.5. The van der Waals surface area contributed by atoms with E-state index in [1.807, 2.05) is 19.1 Å². The predicted octanol–water partition coefficient (Wildman–Crippen LogP) is 9.90. The third kappa shape index (κ3) is 23.2. The average Bonchev–Trinajstić information content (AvgIpc) is 3.38. The third-order valence-electron chi connectivity index (χ3n) is 8.31. The van der Waals surface area contributed by atoms with E-state index < -0.39 is 29.8 Å². The summed E-state index contributed by atoms with van der Waals surface area (Å²) < 4.78 is 10.8. The van der Waals surface area contributed by atoms with Gasteiger partial charge in [0.25, 0.3) is 0 Å². The number of aromatic carboxylic acids is 5. The molecule has 0 radical (unpaired) electrons. The second-order valence-electron chi connectivity index (χ2n) is 13.2. The molecule has 0 aromatic heterocycles. The molecule has 0 unspecified atom stereocenters. The molecule has 0 aliphatic heterocycles. The maximum absolute atomic E-state index is 11.0. The molecule has 0 heterocycles. The quantitative estimate of drug-likeness (QED) is 0.0168. The van der Waals surface area contributed by atoms with Crippen LogP contribution in [0.25, 0.3) is 0 Å². The fourth-order valence-electron chi connectivity index (χ4n) is 4.99. The fourth-order valence-corrected chi connectivity index (χ4v) is 5.48. The molecular weight excluding hydrogens is 1060 g/mol. The normalized spacial score (nSPS) is 10.5. The molecule has 0 aliphatic carbocycles. The van der Waals surface area contributed by atoms with Crippen LogP contribution in [0.5, 0.6) is 17.2 Å². The zero-order valence-electron chi connectivity index (χ0n) is 40.4. The largest absolute Gasteiger partial charge is 0.508 e. The van der Waals surface area contributed by atoms with Crippen molar-refractivity contribution in [2.24, 2.45) is 25.5 Å². The van der Waals surface area contributed by atoms with Gasteiger partial charge in [-0.15, -0.1) is 0 Å². The highest BCUT2D eigenvalue weighted by Gasteiger charge is 2.13. The van der Waals surface area contributed by atoms with Gasteiger partial charge in [-0.1, -0.05) is 18.2 Å². The maximum atomic E-state index is 11.0. The van der Waals surface area contributed by atoms with Crippen molar-refractivity contribution in [2.45, 2.75) is 34.6 Å². The number of hydrogen-bond donors (Lipinski definition) is 11. The minimum atomic E-state index is -1.12. The zero-order valence-corrected chi connectivity index (χ0v) is 42.6. The van der Waals surface area contributed by atoms with Crippen molar-refractivity contribution in [3.05, 3.63) is 141 Å². The standard InChI is InChI=1S/C12H14N2O3.C10H12N2O3.C9H9IN2O2.C9H10N2O3.C9H10N2O2/c1-3-4-7-13-14-11-6-5-9(17-2)8-10(11)12(15)16;1-3-11-12-9-5-4-7(15-2)6-8(9)10(13)14;1-2-11-12-8-4-3-6(10)5-7(8)9(13)14;1-2-10-11-8-4-3-6(12)5-7(8)9(13)14;1-2-10-11-8-6-4-3-5-7(8)9(12)13/h3-8,14H,1-2H3,(H,15,16);3-6,12H,1-2H3,(H,13,14);2-5,12H,1H3,(H,13,14);2-5,11-12H,1H3,(H,13,14);2-6,11H,1H3,(H,12,13)/b4-3+,13-7+;11-3+;11-2+;2*10-2+. The molecule has 5 aromatic carbocycles. The number of carboxylic acids is 5. The van der Waals surface area contributed by atoms with E-state index in [9.17, 15) is 24.0 Å². The van der Waals surface area contributed by atoms with Crippen molar-refractivity contribution in [1.29, 1.82) is 0 Å². The summed E-state index contributed by atoms with van der Waals surface area (Å²) in [6.07, 6.45) is 11.2. The van der Waals surface area contributed by atoms with E-state index in [4.69, 9.17) is 40.1 Å². The molecular formula is C49H55IN10O13. The van der Waals surface area contributed by atoms with Gasteiger partial charge in [-0.2, -0.15) is 25.5 Å². The summed E-state index contributed by atoms with van der Waals surface area (Å²) in [6, 6.07) is 25.1. The first-order chi connectivity index (χ1) is 34.9. The van der Waals surface area contributed by atoms with E-state index in [-0.39, 0.29) is 33.6 Å². The van der Waals surface area contributed by atoms with Gasteiger partial charge in [-0.3, -0.25) is 27.1 Å². The van der Waals surface area contributed by atoms with E-state index in [1.54, 1.807) is 101 Å². The van der Waals surface area contributed by atoms with E-state index in [0.29, 0.717) is 39.9 Å². The highest BCUT2D eigenvalue weighted by atomic mass is 127. The first-order valence-electron chi connectivity index (χ1n) is 21.0. The minimum absolute atomic E-state index is 0.0180. The van der Waals surface area contributed by atoms with Crippen molar-refractivity contribution in [3.8, 4) is 17.2 Å². The van der Waals surface area contributed by atoms with Gasteiger partial charge in [0.05, 0.1) is 70.5 Å². The van der Waals surface area contributed by atoms with Crippen LogP contribution in [0.4, 0.5) is 28.4 Å². The number of halogens is 1. The summed E-state index contributed by atoms with van der Waals surface area (Å²) in [5.41, 5.74) is 16.0. The van der Waals surface area contributed by atoms with Gasteiger partial charge in [0, 0.05) is 34.6 Å². The van der Waals surface area contributed by atoms with Crippen molar-refractivity contribution in [3.63, 3.8) is 0 Å². The number of carbonyl (C=O) groups is 5. The Bertz CT molecular complexity index is 2730. The summed E-state index contributed by atoms with van der Waals surface area (Å²) in [5, 5.41) is 72.3. The Hall–Kier alpha value is -9.33. The van der Waals surface area contributed by atoms with E-state index in [0.717, 1.165) is 9.64 Å². The third-order valence-corrected chi connectivity index (χ3v) is 8.98. The van der Waals surface area contributed by atoms with Gasteiger partial charge in [-0.25, -0.2) is 24.0 Å². The topological polar surface area (TPSA) is 347 Å². The molecule has 0 bridgehead atoms. The van der Waals surface area contributed by atoms with E-state index in [1.165, 1.54) is 63.2 Å². The Balaban J connectivity index is 0.000000458. The van der Waals surface area contributed by atoms with Gasteiger partial charge in [0.1, 0.15) is 17.2 Å². The van der Waals surface area contributed by atoms with Crippen LogP contribution < -0.4 is 36.6 Å². The molecule has 386 valence electrons. The molecule has 0 amide bonds. The number of hydrogen-bond acceptors (Lipinski definition) is 18. The molecule has 0 fully saturated rings. The number of carboxylic acid groups (broad SMARTS) is 5. The number of para-hydroxylation sites is 1. The van der Waals surface area contributed by atoms with Crippen LogP contribution in [0.15, 0.2) is 135 Å². The second kappa shape index (κ2) is 34.9. The SMILES string of the molecule is C/C=C/C=N/Nc1ccc(OC)cc1C(=O)O.C/C=N/Nc1ccc(I)cc1C(=O)O.C/C=N/Nc1ccc(O)cc1C(=O)O.C/C=N/Nc1ccc(OC)cc1C(=O)O.C/C=N/Nc1ccccc1C(=O)O. The predicted molar refractivity (Wildman–Crippen MR) is 293 cm³/mol. The van der Waals surface area contributed by atoms with Crippen LogP contribution in [0.1, 0.15) is 86.4 Å². The van der Waals surface area contributed by atoms with E-state index in [2.05, 4.69) is 75.2 Å². The van der Waals surface area contributed by atoms with Gasteiger partial charge in [0.15, 0.2) is 0 Å². The molecule has 5 rings (SSSR count). The highest BCUT2D eigenvalue weighted by Crippen LogP contribution is 2.24. The molecule has 0 aliphatic rings. The molecule has 11 N–H and O–H groups in total.